The Bertz CT molecular complexity index is 764. The van der Waals surface area contributed by atoms with E-state index in [1.807, 2.05) is 18.2 Å². The summed E-state index contributed by atoms with van der Waals surface area (Å²) in [5.41, 5.74) is 0.661. The van der Waals surface area contributed by atoms with Crippen molar-refractivity contribution in [2.24, 2.45) is 0 Å². The summed E-state index contributed by atoms with van der Waals surface area (Å²) in [5.74, 6) is -0.0609. The van der Waals surface area contributed by atoms with Crippen LogP contribution in [0.3, 0.4) is 0 Å². The maximum atomic E-state index is 12.3. The monoisotopic (exact) mass is 322 g/mol. The fourth-order valence-corrected chi connectivity index (χ4v) is 3.62. The van der Waals surface area contributed by atoms with Crippen molar-refractivity contribution in [3.63, 3.8) is 0 Å². The van der Waals surface area contributed by atoms with Gasteiger partial charge in [-0.1, -0.05) is 18.2 Å². The van der Waals surface area contributed by atoms with Crippen molar-refractivity contribution in [2.75, 3.05) is 19.3 Å². The first-order valence-electron chi connectivity index (χ1n) is 7.18. The van der Waals surface area contributed by atoms with Gasteiger partial charge in [0, 0.05) is 24.5 Å². The number of carbonyl (C=O) groups is 1. The number of nitrogens with one attached hydrogen (secondary N) is 1. The molecule has 1 unspecified atom stereocenters. The molecular formula is C15H18N2O4S. The van der Waals surface area contributed by atoms with E-state index in [2.05, 4.69) is 5.32 Å². The SMILES string of the molecule is CS(=O)(=O)N1CCCC(NC(=O)c2cc3ccccc3o2)C1. The standard InChI is InChI=1S/C15H18N2O4S/c1-22(19,20)17-8-4-6-12(10-17)16-15(18)14-9-11-5-2-3-7-13(11)21-14/h2-3,5,7,9,12H,4,6,8,10H2,1H3,(H,16,18). The molecule has 1 aromatic heterocycles. The first-order valence-corrected chi connectivity index (χ1v) is 9.03. The van der Waals surface area contributed by atoms with Crippen LogP contribution in [0.4, 0.5) is 0 Å². The van der Waals surface area contributed by atoms with Gasteiger partial charge in [-0.25, -0.2) is 12.7 Å². The van der Waals surface area contributed by atoms with Crippen molar-refractivity contribution >= 4 is 26.9 Å². The number of piperidine rings is 1. The van der Waals surface area contributed by atoms with E-state index in [9.17, 15) is 13.2 Å². The Kier molecular flexibility index (Phi) is 3.92. The Morgan fingerprint density at radius 2 is 2.14 bits per heavy atom. The van der Waals surface area contributed by atoms with E-state index in [1.165, 1.54) is 10.6 Å². The van der Waals surface area contributed by atoms with Crippen LogP contribution in [0.1, 0.15) is 23.4 Å². The second kappa shape index (κ2) is 5.73. The van der Waals surface area contributed by atoms with Crippen LogP contribution in [-0.4, -0.2) is 44.0 Å². The maximum Gasteiger partial charge on any atom is 0.287 e. The number of fused-ring (bicyclic) bond motifs is 1. The van der Waals surface area contributed by atoms with Crippen molar-refractivity contribution in [2.45, 2.75) is 18.9 Å². The molecule has 0 spiro atoms. The minimum atomic E-state index is -3.22. The first-order chi connectivity index (χ1) is 10.4. The molecule has 0 radical (unpaired) electrons. The highest BCUT2D eigenvalue weighted by molar-refractivity contribution is 7.88. The van der Waals surface area contributed by atoms with E-state index in [-0.39, 0.29) is 17.7 Å². The number of furan rings is 1. The number of hydrogen-bond donors (Lipinski definition) is 1. The minimum Gasteiger partial charge on any atom is -0.451 e. The van der Waals surface area contributed by atoms with E-state index < -0.39 is 10.0 Å². The number of amides is 1. The Hall–Kier alpha value is -1.86. The molecule has 1 N–H and O–H groups in total. The fraction of sp³-hybridized carbons (Fsp3) is 0.400. The summed E-state index contributed by atoms with van der Waals surface area (Å²) in [6, 6.07) is 8.91. The summed E-state index contributed by atoms with van der Waals surface area (Å²) in [5, 5.41) is 3.73. The topological polar surface area (TPSA) is 79.6 Å². The molecule has 1 aliphatic rings. The molecule has 2 heterocycles. The second-order valence-electron chi connectivity index (χ2n) is 5.58. The zero-order chi connectivity index (χ0) is 15.7. The summed E-state index contributed by atoms with van der Waals surface area (Å²) in [4.78, 5) is 12.3. The molecule has 1 amide bonds. The minimum absolute atomic E-state index is 0.191. The van der Waals surface area contributed by atoms with E-state index in [1.54, 1.807) is 12.1 Å². The number of sulfonamides is 1. The van der Waals surface area contributed by atoms with Gasteiger partial charge in [-0.15, -0.1) is 0 Å². The van der Waals surface area contributed by atoms with Gasteiger partial charge >= 0.3 is 0 Å². The van der Waals surface area contributed by atoms with Gasteiger partial charge in [0.2, 0.25) is 10.0 Å². The van der Waals surface area contributed by atoms with Gasteiger partial charge in [-0.3, -0.25) is 4.79 Å². The Morgan fingerprint density at radius 3 is 2.86 bits per heavy atom. The van der Waals surface area contributed by atoms with Crippen molar-refractivity contribution in [1.82, 2.24) is 9.62 Å². The normalized spacial score (nSPS) is 20.1. The zero-order valence-electron chi connectivity index (χ0n) is 12.3. The number of benzene rings is 1. The van der Waals surface area contributed by atoms with Crippen molar-refractivity contribution in [3.05, 3.63) is 36.1 Å². The lowest BCUT2D eigenvalue weighted by molar-refractivity contribution is 0.0895. The Labute approximate surface area is 129 Å². The van der Waals surface area contributed by atoms with Crippen molar-refractivity contribution in [1.29, 1.82) is 0 Å². The van der Waals surface area contributed by atoms with Gasteiger partial charge in [0.1, 0.15) is 5.58 Å². The molecule has 1 atom stereocenters. The number of carbonyl (C=O) groups excluding carboxylic acids is 1. The Balaban J connectivity index is 1.71. The molecule has 118 valence electrons. The number of para-hydroxylation sites is 1. The van der Waals surface area contributed by atoms with E-state index in [4.69, 9.17) is 4.42 Å². The molecule has 1 aromatic carbocycles. The van der Waals surface area contributed by atoms with Gasteiger partial charge in [0.25, 0.3) is 5.91 Å². The average molecular weight is 322 g/mol. The van der Waals surface area contributed by atoms with Crippen LogP contribution in [0.15, 0.2) is 34.7 Å². The van der Waals surface area contributed by atoms with Crippen molar-refractivity contribution < 1.29 is 17.6 Å². The predicted molar refractivity (Wildman–Crippen MR) is 83.1 cm³/mol. The molecule has 6 nitrogen and oxygen atoms in total. The molecule has 0 bridgehead atoms. The molecule has 7 heteroatoms. The summed E-state index contributed by atoms with van der Waals surface area (Å²) in [6.07, 6.45) is 2.69. The van der Waals surface area contributed by atoms with Gasteiger partial charge in [0.05, 0.1) is 6.26 Å². The highest BCUT2D eigenvalue weighted by Gasteiger charge is 2.27. The van der Waals surface area contributed by atoms with Crippen LogP contribution >= 0.6 is 0 Å². The summed E-state index contributed by atoms with van der Waals surface area (Å²) >= 11 is 0. The largest absolute Gasteiger partial charge is 0.451 e. The molecule has 3 rings (SSSR count). The summed E-state index contributed by atoms with van der Waals surface area (Å²) in [7, 11) is -3.22. The third-order valence-corrected chi connectivity index (χ3v) is 5.11. The van der Waals surface area contributed by atoms with Crippen LogP contribution in [0.2, 0.25) is 0 Å². The smallest absolute Gasteiger partial charge is 0.287 e. The highest BCUT2D eigenvalue weighted by Crippen LogP contribution is 2.19. The molecule has 1 fully saturated rings. The third-order valence-electron chi connectivity index (χ3n) is 3.84. The molecule has 1 saturated heterocycles. The molecular weight excluding hydrogens is 304 g/mol. The first kappa shape index (κ1) is 15.1. The molecule has 0 saturated carbocycles. The van der Waals surface area contributed by atoms with Crippen molar-refractivity contribution in [3.8, 4) is 0 Å². The lowest BCUT2D eigenvalue weighted by atomic mass is 10.1. The van der Waals surface area contributed by atoms with Crippen LogP contribution in [0, 0.1) is 0 Å². The van der Waals surface area contributed by atoms with Crippen LogP contribution < -0.4 is 5.32 Å². The summed E-state index contributed by atoms with van der Waals surface area (Å²) in [6.45, 7) is 0.820. The number of rotatable bonds is 3. The van der Waals surface area contributed by atoms with Crippen LogP contribution in [0.25, 0.3) is 11.0 Å². The Morgan fingerprint density at radius 1 is 1.36 bits per heavy atom. The third kappa shape index (κ3) is 3.15. The number of hydrogen-bond acceptors (Lipinski definition) is 4. The van der Waals surface area contributed by atoms with Gasteiger partial charge in [0.15, 0.2) is 5.76 Å². The van der Waals surface area contributed by atoms with Crippen LogP contribution in [-0.2, 0) is 10.0 Å². The average Bonchev–Trinajstić information content (AvgIpc) is 2.90. The molecule has 22 heavy (non-hydrogen) atoms. The predicted octanol–water partition coefficient (Wildman–Crippen LogP) is 1.59. The number of nitrogens with zero attached hydrogens (tertiary/aromatic N) is 1. The second-order valence-corrected chi connectivity index (χ2v) is 7.56. The zero-order valence-corrected chi connectivity index (χ0v) is 13.1. The lowest BCUT2D eigenvalue weighted by Gasteiger charge is -2.31. The van der Waals surface area contributed by atoms with E-state index >= 15 is 0 Å². The van der Waals surface area contributed by atoms with E-state index in [0.29, 0.717) is 18.7 Å². The van der Waals surface area contributed by atoms with E-state index in [0.717, 1.165) is 18.2 Å². The lowest BCUT2D eigenvalue weighted by Crippen LogP contribution is -2.49. The molecule has 1 aliphatic heterocycles. The van der Waals surface area contributed by atoms with Gasteiger partial charge < -0.3 is 9.73 Å². The van der Waals surface area contributed by atoms with Gasteiger partial charge in [-0.05, 0) is 25.0 Å². The highest BCUT2D eigenvalue weighted by atomic mass is 32.2. The van der Waals surface area contributed by atoms with Crippen LogP contribution in [0.5, 0.6) is 0 Å². The quantitative estimate of drug-likeness (QED) is 0.930. The summed E-state index contributed by atoms with van der Waals surface area (Å²) < 4.78 is 30.1. The van der Waals surface area contributed by atoms with Gasteiger partial charge in [-0.2, -0.15) is 0 Å². The maximum absolute atomic E-state index is 12.3. The molecule has 2 aromatic rings. The molecule has 0 aliphatic carbocycles. The fourth-order valence-electron chi connectivity index (χ4n) is 2.71.